The third-order valence-electron chi connectivity index (χ3n) is 8.37. The molecule has 0 bridgehead atoms. The van der Waals surface area contributed by atoms with Crippen LogP contribution >= 0.6 is 0 Å². The van der Waals surface area contributed by atoms with Crippen molar-refractivity contribution in [1.29, 1.82) is 0 Å². The lowest BCUT2D eigenvalue weighted by Gasteiger charge is -2.30. The molecule has 3 heterocycles. The van der Waals surface area contributed by atoms with Gasteiger partial charge >= 0.3 is 0 Å². The summed E-state index contributed by atoms with van der Waals surface area (Å²) in [5.74, 6) is 0.983. The van der Waals surface area contributed by atoms with Gasteiger partial charge in [0.25, 0.3) is 5.91 Å². The van der Waals surface area contributed by atoms with E-state index >= 15 is 0 Å². The largest absolute Gasteiger partial charge is 0.379 e. The third-order valence-corrected chi connectivity index (χ3v) is 8.37. The maximum atomic E-state index is 13.2. The van der Waals surface area contributed by atoms with Crippen LogP contribution in [0.3, 0.4) is 0 Å². The van der Waals surface area contributed by atoms with E-state index in [2.05, 4.69) is 83.3 Å². The Hall–Kier alpha value is -3.10. The van der Waals surface area contributed by atoms with Gasteiger partial charge in [-0.3, -0.25) is 9.69 Å². The normalized spacial score (nSPS) is 20.2. The van der Waals surface area contributed by atoms with E-state index in [9.17, 15) is 4.79 Å². The van der Waals surface area contributed by atoms with Crippen LogP contribution in [0.15, 0.2) is 36.4 Å². The highest BCUT2D eigenvalue weighted by atomic mass is 16.5. The van der Waals surface area contributed by atoms with E-state index in [4.69, 9.17) is 9.72 Å². The Bertz CT molecular complexity index is 1270. The first-order valence-corrected chi connectivity index (χ1v) is 14.5. The molecule has 2 fully saturated rings. The summed E-state index contributed by atoms with van der Waals surface area (Å²) in [7, 11) is 4.14. The lowest BCUT2D eigenvalue weighted by molar-refractivity contribution is 0.0369. The molecule has 3 aromatic rings. The Morgan fingerprint density at radius 1 is 1.03 bits per heavy atom. The van der Waals surface area contributed by atoms with Crippen LogP contribution in [0.25, 0.3) is 10.9 Å². The number of morpholine rings is 1. The Balaban J connectivity index is 1.13. The van der Waals surface area contributed by atoms with Crippen LogP contribution in [0.1, 0.15) is 53.8 Å². The summed E-state index contributed by atoms with van der Waals surface area (Å²) in [5, 5.41) is 8.17. The zero-order chi connectivity index (χ0) is 27.4. The Morgan fingerprint density at radius 2 is 1.74 bits per heavy atom. The summed E-state index contributed by atoms with van der Waals surface area (Å²) in [6, 6.07) is 13.1. The zero-order valence-corrected chi connectivity index (χ0v) is 24.0. The van der Waals surface area contributed by atoms with Crippen molar-refractivity contribution in [2.45, 2.75) is 64.6 Å². The van der Waals surface area contributed by atoms with Gasteiger partial charge in [-0.2, -0.15) is 0 Å². The van der Waals surface area contributed by atoms with Crippen molar-refractivity contribution in [3.8, 4) is 0 Å². The lowest BCUT2D eigenvalue weighted by atomic mass is 9.91. The van der Waals surface area contributed by atoms with Crippen molar-refractivity contribution in [1.82, 2.24) is 19.8 Å². The average Bonchev–Trinajstić information content (AvgIpc) is 3.23. The van der Waals surface area contributed by atoms with Crippen molar-refractivity contribution in [3.05, 3.63) is 53.3 Å². The van der Waals surface area contributed by atoms with E-state index in [1.165, 1.54) is 5.69 Å². The standard InChI is InChI=1S/C31H44N6O2/c1-22-20-27(23(2)37(22)15-7-14-36-16-18-39-19-17-36)31(38)33-25-12-10-24(11-13-25)32-30-21-29(35(3)4)26-8-5-6-9-28(26)34-30/h5-6,8-9,20-21,24-25H,7,10-19H2,1-4H3,(H,32,34)(H,33,38)/t24-,25+. The zero-order valence-electron chi connectivity index (χ0n) is 24.0. The number of carbonyl (C=O) groups excluding carboxylic acids is 1. The van der Waals surface area contributed by atoms with Crippen LogP contribution < -0.4 is 15.5 Å². The van der Waals surface area contributed by atoms with Gasteiger partial charge in [0.2, 0.25) is 0 Å². The number of hydrogen-bond acceptors (Lipinski definition) is 6. The molecule has 1 aliphatic heterocycles. The topological polar surface area (TPSA) is 74.7 Å². The first-order chi connectivity index (χ1) is 18.9. The Kier molecular flexibility index (Phi) is 8.72. The summed E-state index contributed by atoms with van der Waals surface area (Å²) in [5.41, 5.74) is 5.22. The molecule has 2 aliphatic rings. The van der Waals surface area contributed by atoms with Crippen LogP contribution in [-0.4, -0.2) is 79.4 Å². The Labute approximate surface area is 232 Å². The van der Waals surface area contributed by atoms with Crippen molar-refractivity contribution in [2.75, 3.05) is 57.2 Å². The van der Waals surface area contributed by atoms with Gasteiger partial charge in [-0.25, -0.2) is 4.98 Å². The molecule has 0 spiro atoms. The number of rotatable bonds is 9. The van der Waals surface area contributed by atoms with Crippen LogP contribution in [0.5, 0.6) is 0 Å². The number of para-hydroxylation sites is 1. The molecule has 1 saturated heterocycles. The number of benzene rings is 1. The number of pyridine rings is 1. The summed E-state index contributed by atoms with van der Waals surface area (Å²) >= 11 is 0. The molecule has 210 valence electrons. The maximum Gasteiger partial charge on any atom is 0.253 e. The molecule has 1 saturated carbocycles. The summed E-state index contributed by atoms with van der Waals surface area (Å²) < 4.78 is 7.75. The molecule has 1 aliphatic carbocycles. The third kappa shape index (κ3) is 6.56. The van der Waals surface area contributed by atoms with E-state index in [0.29, 0.717) is 6.04 Å². The quantitative estimate of drug-likeness (QED) is 0.420. The second-order valence-corrected chi connectivity index (χ2v) is 11.3. The highest BCUT2D eigenvalue weighted by Gasteiger charge is 2.25. The first kappa shape index (κ1) is 27.5. The molecule has 8 nitrogen and oxygen atoms in total. The van der Waals surface area contributed by atoms with Crippen LogP contribution in [0.2, 0.25) is 0 Å². The van der Waals surface area contributed by atoms with Gasteiger partial charge in [0.1, 0.15) is 5.82 Å². The fourth-order valence-electron chi connectivity index (χ4n) is 6.11. The summed E-state index contributed by atoms with van der Waals surface area (Å²) in [6.45, 7) is 9.91. The van der Waals surface area contributed by atoms with Crippen LogP contribution in [-0.2, 0) is 11.3 Å². The van der Waals surface area contributed by atoms with Crippen molar-refractivity contribution >= 4 is 28.3 Å². The number of carbonyl (C=O) groups is 1. The minimum atomic E-state index is 0.0609. The number of nitrogens with zero attached hydrogens (tertiary/aromatic N) is 4. The van der Waals surface area contributed by atoms with Crippen molar-refractivity contribution in [2.24, 2.45) is 0 Å². The molecule has 5 rings (SSSR count). The molecule has 1 aromatic carbocycles. The van der Waals surface area contributed by atoms with Crippen LogP contribution in [0, 0.1) is 13.8 Å². The van der Waals surface area contributed by atoms with E-state index in [0.717, 1.165) is 105 Å². The number of aryl methyl sites for hydroxylation is 1. The first-order valence-electron chi connectivity index (χ1n) is 14.5. The van der Waals surface area contributed by atoms with Gasteiger partial charge in [-0.1, -0.05) is 18.2 Å². The van der Waals surface area contributed by atoms with E-state index < -0.39 is 0 Å². The van der Waals surface area contributed by atoms with Crippen molar-refractivity contribution < 1.29 is 9.53 Å². The minimum Gasteiger partial charge on any atom is -0.379 e. The maximum absolute atomic E-state index is 13.2. The Morgan fingerprint density at radius 3 is 2.49 bits per heavy atom. The van der Waals surface area contributed by atoms with E-state index in [1.807, 2.05) is 6.07 Å². The number of anilines is 2. The molecule has 1 amide bonds. The van der Waals surface area contributed by atoms with Gasteiger partial charge in [0.15, 0.2) is 0 Å². The molecule has 0 atom stereocenters. The summed E-state index contributed by atoms with van der Waals surface area (Å²) in [6.07, 6.45) is 5.04. The predicted molar refractivity (Wildman–Crippen MR) is 159 cm³/mol. The predicted octanol–water partition coefficient (Wildman–Crippen LogP) is 4.59. The fraction of sp³-hybridized carbons (Fsp3) is 0.548. The minimum absolute atomic E-state index is 0.0609. The lowest BCUT2D eigenvalue weighted by Crippen LogP contribution is -2.40. The SMILES string of the molecule is Cc1cc(C(=O)N[C@H]2CC[C@@H](Nc3cc(N(C)C)c4ccccc4n3)CC2)c(C)n1CCCN1CCOCC1. The number of amides is 1. The highest BCUT2D eigenvalue weighted by molar-refractivity contribution is 5.96. The van der Waals surface area contributed by atoms with Gasteiger partial charge < -0.3 is 24.8 Å². The number of aromatic nitrogens is 2. The second-order valence-electron chi connectivity index (χ2n) is 11.3. The molecule has 0 unspecified atom stereocenters. The van der Waals surface area contributed by atoms with E-state index in [-0.39, 0.29) is 11.9 Å². The molecular formula is C31H44N6O2. The fourth-order valence-corrected chi connectivity index (χ4v) is 6.11. The van der Waals surface area contributed by atoms with Gasteiger partial charge in [-0.15, -0.1) is 0 Å². The molecule has 8 heteroatoms. The number of ether oxygens (including phenoxy) is 1. The van der Waals surface area contributed by atoms with Gasteiger partial charge in [-0.05, 0) is 58.1 Å². The smallest absolute Gasteiger partial charge is 0.253 e. The van der Waals surface area contributed by atoms with Crippen LogP contribution in [0.4, 0.5) is 11.5 Å². The van der Waals surface area contributed by atoms with Crippen molar-refractivity contribution in [3.63, 3.8) is 0 Å². The average molecular weight is 533 g/mol. The van der Waals surface area contributed by atoms with Gasteiger partial charge in [0.05, 0.1) is 24.3 Å². The molecule has 2 N–H and O–H groups in total. The van der Waals surface area contributed by atoms with E-state index in [1.54, 1.807) is 0 Å². The number of hydrogen-bond donors (Lipinski definition) is 2. The number of nitrogens with one attached hydrogen (secondary N) is 2. The highest BCUT2D eigenvalue weighted by Crippen LogP contribution is 2.29. The summed E-state index contributed by atoms with van der Waals surface area (Å²) in [4.78, 5) is 22.7. The molecule has 2 aromatic heterocycles. The van der Waals surface area contributed by atoms with Gasteiger partial charge in [0, 0.05) is 80.9 Å². The molecular weight excluding hydrogens is 488 g/mol. The second kappa shape index (κ2) is 12.4. The number of fused-ring (bicyclic) bond motifs is 1. The monoisotopic (exact) mass is 532 g/mol. The molecule has 39 heavy (non-hydrogen) atoms. The molecule has 0 radical (unpaired) electrons.